The van der Waals surface area contributed by atoms with E-state index >= 15 is 0 Å². The topological polar surface area (TPSA) is 43.1 Å². The van der Waals surface area contributed by atoms with E-state index in [9.17, 15) is 4.79 Å². The van der Waals surface area contributed by atoms with Crippen LogP contribution in [-0.2, 0) is 4.79 Å². The molecule has 0 heterocycles. The molecule has 4 aliphatic rings. The fraction of sp³-hybridized carbons (Fsp3) is 0.526. The lowest BCUT2D eigenvalue weighted by Crippen LogP contribution is -2.42. The minimum Gasteiger partial charge on any atom is -0.369 e. The van der Waals surface area contributed by atoms with Crippen LogP contribution in [0, 0.1) is 23.7 Å². The molecule has 0 aromatic heterocycles. The second-order valence-corrected chi connectivity index (χ2v) is 7.01. The van der Waals surface area contributed by atoms with Gasteiger partial charge >= 0.3 is 0 Å². The Balaban J connectivity index is 1.78. The number of primary amides is 1. The highest BCUT2D eigenvalue weighted by Crippen LogP contribution is 2.50. The van der Waals surface area contributed by atoms with E-state index in [-0.39, 0.29) is 11.8 Å². The normalized spacial score (nSPS) is 37.4. The molecular weight excluding hydrogens is 258 g/mol. The number of hydrogen-bond donors (Lipinski definition) is 1. The number of rotatable bonds is 1. The molecule has 1 amide bonds. The number of carbonyl (C=O) groups is 1. The molecule has 2 N–H and O–H groups in total. The van der Waals surface area contributed by atoms with Crippen LogP contribution in [0.5, 0.6) is 0 Å². The van der Waals surface area contributed by atoms with E-state index in [2.05, 4.69) is 30.4 Å². The highest BCUT2D eigenvalue weighted by molar-refractivity contribution is 5.79. The minimum absolute atomic E-state index is 0.0315. The largest absolute Gasteiger partial charge is 0.369 e. The van der Waals surface area contributed by atoms with Gasteiger partial charge in [-0.15, -0.1) is 0 Å². The molecule has 4 unspecified atom stereocenters. The van der Waals surface area contributed by atoms with Crippen molar-refractivity contribution in [3.63, 3.8) is 0 Å². The molecule has 1 fully saturated rings. The smallest absolute Gasteiger partial charge is 0.221 e. The molecule has 0 aromatic carbocycles. The molecule has 110 valence electrons. The molecule has 4 aliphatic carbocycles. The van der Waals surface area contributed by atoms with Crippen molar-refractivity contribution >= 4 is 5.91 Å². The van der Waals surface area contributed by atoms with Crippen LogP contribution in [0.15, 0.2) is 47.1 Å². The Kier molecular flexibility index (Phi) is 3.13. The molecule has 2 heteroatoms. The van der Waals surface area contributed by atoms with Gasteiger partial charge in [0.05, 0.1) is 5.92 Å². The fourth-order valence-electron chi connectivity index (χ4n) is 4.88. The van der Waals surface area contributed by atoms with Crippen molar-refractivity contribution in [1.29, 1.82) is 0 Å². The number of allylic oxidation sites excluding steroid dienone is 8. The first-order chi connectivity index (χ1) is 10.2. The maximum atomic E-state index is 12.2. The highest BCUT2D eigenvalue weighted by atomic mass is 16.1. The Morgan fingerprint density at radius 1 is 1.14 bits per heavy atom. The number of fused-ring (bicyclic) bond motifs is 3. The van der Waals surface area contributed by atoms with E-state index < -0.39 is 0 Å². The Morgan fingerprint density at radius 2 is 2.05 bits per heavy atom. The van der Waals surface area contributed by atoms with E-state index in [1.165, 1.54) is 29.6 Å². The molecule has 0 saturated heterocycles. The number of nitrogens with two attached hydrogens (primary N) is 1. The zero-order chi connectivity index (χ0) is 14.4. The van der Waals surface area contributed by atoms with E-state index in [1.54, 1.807) is 0 Å². The standard InChI is InChI=1S/C19H23NO/c20-19(21)18-16-8-4-3-7-14(16)10-15-9-12-5-1-2-6-13(12)11-17(15)18/h1-2,5,9-10,13,16-18H,3-4,6-8,11H2,(H2,20,21). The third kappa shape index (κ3) is 2.12. The third-order valence-corrected chi connectivity index (χ3v) is 5.87. The van der Waals surface area contributed by atoms with Crippen molar-refractivity contribution in [2.75, 3.05) is 0 Å². The summed E-state index contributed by atoms with van der Waals surface area (Å²) in [6.07, 6.45) is 18.4. The fourth-order valence-corrected chi connectivity index (χ4v) is 4.88. The van der Waals surface area contributed by atoms with Crippen LogP contribution in [-0.4, -0.2) is 5.91 Å². The predicted molar refractivity (Wildman–Crippen MR) is 84.2 cm³/mol. The molecule has 0 aliphatic heterocycles. The maximum Gasteiger partial charge on any atom is 0.221 e. The number of hydrogen-bond acceptors (Lipinski definition) is 1. The lowest BCUT2D eigenvalue weighted by Gasteiger charge is -2.44. The van der Waals surface area contributed by atoms with Gasteiger partial charge in [-0.1, -0.05) is 42.4 Å². The summed E-state index contributed by atoms with van der Waals surface area (Å²) in [5.74, 6) is 1.31. The van der Waals surface area contributed by atoms with Crippen LogP contribution in [0.1, 0.15) is 38.5 Å². The first-order valence-corrected chi connectivity index (χ1v) is 8.32. The van der Waals surface area contributed by atoms with Crippen LogP contribution in [0.4, 0.5) is 0 Å². The zero-order valence-corrected chi connectivity index (χ0v) is 12.4. The van der Waals surface area contributed by atoms with Crippen LogP contribution >= 0.6 is 0 Å². The summed E-state index contributed by atoms with van der Waals surface area (Å²) in [5, 5.41) is 0. The molecule has 0 spiro atoms. The monoisotopic (exact) mass is 281 g/mol. The summed E-state index contributed by atoms with van der Waals surface area (Å²) in [4.78, 5) is 12.2. The SMILES string of the molecule is NC(=O)C1C2CC3CC=CC=C3C=C2C=C2CCCCC21. The first-order valence-electron chi connectivity index (χ1n) is 8.32. The van der Waals surface area contributed by atoms with Gasteiger partial charge in [-0.25, -0.2) is 0 Å². The van der Waals surface area contributed by atoms with Gasteiger partial charge in [0.15, 0.2) is 0 Å². The molecule has 4 atom stereocenters. The van der Waals surface area contributed by atoms with E-state index in [0.717, 1.165) is 25.7 Å². The van der Waals surface area contributed by atoms with Crippen molar-refractivity contribution in [3.8, 4) is 0 Å². The van der Waals surface area contributed by atoms with Gasteiger partial charge in [0.1, 0.15) is 0 Å². The van der Waals surface area contributed by atoms with Crippen molar-refractivity contribution in [2.24, 2.45) is 29.4 Å². The molecule has 0 radical (unpaired) electrons. The molecule has 21 heavy (non-hydrogen) atoms. The average molecular weight is 281 g/mol. The van der Waals surface area contributed by atoms with Crippen LogP contribution in [0.25, 0.3) is 0 Å². The average Bonchev–Trinajstić information content (AvgIpc) is 2.50. The molecule has 0 bridgehead atoms. The van der Waals surface area contributed by atoms with Gasteiger partial charge in [-0.3, -0.25) is 4.79 Å². The summed E-state index contributed by atoms with van der Waals surface area (Å²) in [6, 6.07) is 0. The van der Waals surface area contributed by atoms with Gasteiger partial charge in [0, 0.05) is 0 Å². The van der Waals surface area contributed by atoms with E-state index in [1.807, 2.05) is 0 Å². The lowest BCUT2D eigenvalue weighted by atomic mass is 9.60. The van der Waals surface area contributed by atoms with Crippen molar-refractivity contribution in [1.82, 2.24) is 0 Å². The van der Waals surface area contributed by atoms with Gasteiger partial charge in [0.2, 0.25) is 5.91 Å². The molecular formula is C19H23NO. The van der Waals surface area contributed by atoms with Gasteiger partial charge in [-0.2, -0.15) is 0 Å². The Labute approximate surface area is 126 Å². The number of amides is 1. The van der Waals surface area contributed by atoms with Gasteiger partial charge < -0.3 is 5.73 Å². The second kappa shape index (κ2) is 5.01. The second-order valence-electron chi connectivity index (χ2n) is 7.01. The van der Waals surface area contributed by atoms with Gasteiger partial charge in [-0.05, 0) is 61.0 Å². The van der Waals surface area contributed by atoms with Crippen molar-refractivity contribution < 1.29 is 4.79 Å². The Bertz CT molecular complexity index is 593. The van der Waals surface area contributed by atoms with E-state index in [0.29, 0.717) is 17.8 Å². The minimum atomic E-state index is -0.0813. The summed E-state index contributed by atoms with van der Waals surface area (Å²) < 4.78 is 0. The summed E-state index contributed by atoms with van der Waals surface area (Å²) in [7, 11) is 0. The Hall–Kier alpha value is -1.57. The summed E-state index contributed by atoms with van der Waals surface area (Å²) in [5.41, 5.74) is 10.1. The van der Waals surface area contributed by atoms with Gasteiger partial charge in [0.25, 0.3) is 0 Å². The zero-order valence-electron chi connectivity index (χ0n) is 12.4. The van der Waals surface area contributed by atoms with Crippen LogP contribution in [0.3, 0.4) is 0 Å². The number of carbonyl (C=O) groups excluding carboxylic acids is 1. The summed E-state index contributed by atoms with van der Waals surface area (Å²) >= 11 is 0. The quantitative estimate of drug-likeness (QED) is 0.783. The van der Waals surface area contributed by atoms with E-state index in [4.69, 9.17) is 5.73 Å². The molecule has 1 saturated carbocycles. The summed E-state index contributed by atoms with van der Waals surface area (Å²) in [6.45, 7) is 0. The Morgan fingerprint density at radius 3 is 2.90 bits per heavy atom. The lowest BCUT2D eigenvalue weighted by molar-refractivity contribution is -0.125. The van der Waals surface area contributed by atoms with Crippen molar-refractivity contribution in [3.05, 3.63) is 47.1 Å². The van der Waals surface area contributed by atoms with Crippen LogP contribution in [0.2, 0.25) is 0 Å². The van der Waals surface area contributed by atoms with Crippen molar-refractivity contribution in [2.45, 2.75) is 38.5 Å². The molecule has 0 aromatic rings. The first kappa shape index (κ1) is 13.1. The van der Waals surface area contributed by atoms with Crippen LogP contribution < -0.4 is 5.73 Å². The molecule has 4 rings (SSSR count). The molecule has 2 nitrogen and oxygen atoms in total. The predicted octanol–water partition coefficient (Wildman–Crippen LogP) is 3.67. The highest BCUT2D eigenvalue weighted by Gasteiger charge is 2.43. The maximum absolute atomic E-state index is 12.2. The third-order valence-electron chi connectivity index (χ3n) is 5.87.